The molecule has 0 saturated carbocycles. The maximum absolute atomic E-state index is 12.6. The van der Waals surface area contributed by atoms with Crippen molar-refractivity contribution in [2.45, 2.75) is 38.3 Å². The SMILES string of the molecule is CC(=O)N1CCN(C[C@@]2(O)CCCN(C(=O)Cn3ccc(=O)[nH]c3=O)CC2)CC1. The smallest absolute Gasteiger partial charge is 0.328 e. The number of β-amino-alcohol motifs (C(OH)–C–C–N with tert-alkyl or cyclic N) is 1. The summed E-state index contributed by atoms with van der Waals surface area (Å²) < 4.78 is 1.18. The molecule has 0 aromatic carbocycles. The summed E-state index contributed by atoms with van der Waals surface area (Å²) in [6, 6.07) is 1.21. The van der Waals surface area contributed by atoms with Gasteiger partial charge in [0.1, 0.15) is 6.54 Å². The fraction of sp³-hybridized carbons (Fsp3) is 0.684. The number of H-pyrrole nitrogens is 1. The molecule has 3 heterocycles. The van der Waals surface area contributed by atoms with Crippen molar-refractivity contribution in [1.29, 1.82) is 0 Å². The highest BCUT2D eigenvalue weighted by Crippen LogP contribution is 2.24. The third-order valence-electron chi connectivity index (χ3n) is 5.81. The van der Waals surface area contributed by atoms with E-state index in [4.69, 9.17) is 0 Å². The highest BCUT2D eigenvalue weighted by Gasteiger charge is 2.34. The molecule has 0 radical (unpaired) electrons. The Morgan fingerprint density at radius 1 is 1.07 bits per heavy atom. The summed E-state index contributed by atoms with van der Waals surface area (Å²) in [5.41, 5.74) is -1.98. The van der Waals surface area contributed by atoms with Crippen LogP contribution in [-0.4, -0.2) is 92.6 Å². The first-order valence-electron chi connectivity index (χ1n) is 10.0. The summed E-state index contributed by atoms with van der Waals surface area (Å²) in [5, 5.41) is 11.1. The number of rotatable bonds is 4. The van der Waals surface area contributed by atoms with Gasteiger partial charge < -0.3 is 14.9 Å². The predicted octanol–water partition coefficient (Wildman–Crippen LogP) is -1.56. The maximum Gasteiger partial charge on any atom is 0.328 e. The van der Waals surface area contributed by atoms with Crippen LogP contribution in [0.5, 0.6) is 0 Å². The van der Waals surface area contributed by atoms with Crippen molar-refractivity contribution in [1.82, 2.24) is 24.3 Å². The highest BCUT2D eigenvalue weighted by atomic mass is 16.3. The summed E-state index contributed by atoms with van der Waals surface area (Å²) in [7, 11) is 0. The van der Waals surface area contributed by atoms with Crippen LogP contribution < -0.4 is 11.2 Å². The Morgan fingerprint density at radius 3 is 2.45 bits per heavy atom. The first-order chi connectivity index (χ1) is 13.8. The molecule has 0 unspecified atom stereocenters. The maximum atomic E-state index is 12.6. The van der Waals surface area contributed by atoms with Crippen molar-refractivity contribution in [3.63, 3.8) is 0 Å². The molecule has 1 aromatic heterocycles. The van der Waals surface area contributed by atoms with E-state index in [1.807, 2.05) is 4.90 Å². The molecular formula is C19H29N5O5. The number of nitrogens with zero attached hydrogens (tertiary/aromatic N) is 4. The van der Waals surface area contributed by atoms with Crippen LogP contribution in [0, 0.1) is 0 Å². The molecule has 1 atom stereocenters. The molecule has 0 aliphatic carbocycles. The van der Waals surface area contributed by atoms with Crippen molar-refractivity contribution >= 4 is 11.8 Å². The van der Waals surface area contributed by atoms with Gasteiger partial charge in [-0.25, -0.2) is 4.79 Å². The summed E-state index contributed by atoms with van der Waals surface area (Å²) in [5.74, 6) is -0.132. The number of amides is 2. The molecule has 2 N–H and O–H groups in total. The average molecular weight is 407 g/mol. The number of nitrogens with one attached hydrogen (secondary N) is 1. The molecule has 2 amide bonds. The third kappa shape index (κ3) is 5.54. The van der Waals surface area contributed by atoms with Gasteiger partial charge in [-0.15, -0.1) is 0 Å². The molecule has 0 bridgehead atoms. The molecule has 160 valence electrons. The van der Waals surface area contributed by atoms with Crippen LogP contribution in [0.15, 0.2) is 21.9 Å². The molecule has 0 spiro atoms. The lowest BCUT2D eigenvalue weighted by Crippen LogP contribution is -2.53. The fourth-order valence-corrected chi connectivity index (χ4v) is 4.04. The Hall–Kier alpha value is -2.46. The highest BCUT2D eigenvalue weighted by molar-refractivity contribution is 5.76. The quantitative estimate of drug-likeness (QED) is 0.623. The Labute approximate surface area is 168 Å². The average Bonchev–Trinajstić information content (AvgIpc) is 2.86. The molecule has 1 aromatic rings. The third-order valence-corrected chi connectivity index (χ3v) is 5.81. The number of aromatic nitrogens is 2. The van der Waals surface area contributed by atoms with Crippen molar-refractivity contribution in [3.8, 4) is 0 Å². The van der Waals surface area contributed by atoms with E-state index in [1.165, 1.54) is 16.8 Å². The minimum Gasteiger partial charge on any atom is -0.388 e. The van der Waals surface area contributed by atoms with E-state index in [9.17, 15) is 24.3 Å². The van der Waals surface area contributed by atoms with Gasteiger partial charge in [0.05, 0.1) is 5.60 Å². The van der Waals surface area contributed by atoms with Gasteiger partial charge in [0.25, 0.3) is 5.56 Å². The molecular weight excluding hydrogens is 378 g/mol. The number of hydrogen-bond donors (Lipinski definition) is 2. The topological polar surface area (TPSA) is 119 Å². The normalized spacial score (nSPS) is 23.7. The van der Waals surface area contributed by atoms with E-state index in [2.05, 4.69) is 9.88 Å². The zero-order chi connectivity index (χ0) is 21.0. The molecule has 2 aliphatic rings. The lowest BCUT2D eigenvalue weighted by atomic mass is 9.94. The van der Waals surface area contributed by atoms with Gasteiger partial charge >= 0.3 is 5.69 Å². The number of carbonyl (C=O) groups excluding carboxylic acids is 2. The molecule has 2 fully saturated rings. The van der Waals surface area contributed by atoms with Crippen LogP contribution in [0.3, 0.4) is 0 Å². The van der Waals surface area contributed by atoms with E-state index in [-0.39, 0.29) is 18.4 Å². The Balaban J connectivity index is 1.54. The lowest BCUT2D eigenvalue weighted by Gasteiger charge is -2.39. The summed E-state index contributed by atoms with van der Waals surface area (Å²) in [6.07, 6.45) is 3.05. The Bertz CT molecular complexity index is 857. The Kier molecular flexibility index (Phi) is 6.53. The van der Waals surface area contributed by atoms with Crippen LogP contribution in [0.25, 0.3) is 0 Å². The van der Waals surface area contributed by atoms with Crippen molar-refractivity contribution < 1.29 is 14.7 Å². The number of piperazine rings is 1. The van der Waals surface area contributed by atoms with Gasteiger partial charge in [0.2, 0.25) is 11.8 Å². The fourth-order valence-electron chi connectivity index (χ4n) is 4.04. The first-order valence-corrected chi connectivity index (χ1v) is 10.0. The van der Waals surface area contributed by atoms with Crippen molar-refractivity contribution in [3.05, 3.63) is 33.1 Å². The molecule has 3 rings (SSSR count). The van der Waals surface area contributed by atoms with E-state index in [0.717, 1.165) is 13.1 Å². The van der Waals surface area contributed by atoms with E-state index in [0.29, 0.717) is 52.0 Å². The number of carbonyl (C=O) groups is 2. The zero-order valence-corrected chi connectivity index (χ0v) is 16.8. The lowest BCUT2D eigenvalue weighted by molar-refractivity contribution is -0.132. The minimum absolute atomic E-state index is 0.0774. The first kappa shape index (κ1) is 21.3. The number of aliphatic hydroxyl groups is 1. The number of hydrogen-bond acceptors (Lipinski definition) is 6. The largest absolute Gasteiger partial charge is 0.388 e. The van der Waals surface area contributed by atoms with Gasteiger partial charge in [0.15, 0.2) is 0 Å². The standard InChI is InChI=1S/C19H29N5O5/c1-15(25)22-11-9-21(10-12-22)14-19(29)4-2-6-23(8-5-19)17(27)13-24-7-3-16(26)20-18(24)28/h3,7,29H,2,4-6,8-14H2,1H3,(H,20,26,28)/t19-/m1/s1. The molecule has 2 aliphatic heterocycles. The van der Waals surface area contributed by atoms with Crippen LogP contribution in [-0.2, 0) is 16.1 Å². The summed E-state index contributed by atoms with van der Waals surface area (Å²) in [4.78, 5) is 54.8. The van der Waals surface area contributed by atoms with E-state index in [1.54, 1.807) is 11.8 Å². The van der Waals surface area contributed by atoms with E-state index >= 15 is 0 Å². The Morgan fingerprint density at radius 2 is 1.79 bits per heavy atom. The van der Waals surface area contributed by atoms with Crippen LogP contribution in [0.1, 0.15) is 26.2 Å². The predicted molar refractivity (Wildman–Crippen MR) is 105 cm³/mol. The molecule has 29 heavy (non-hydrogen) atoms. The van der Waals surface area contributed by atoms with Crippen molar-refractivity contribution in [2.24, 2.45) is 0 Å². The molecule has 10 heteroatoms. The van der Waals surface area contributed by atoms with Crippen LogP contribution in [0.4, 0.5) is 0 Å². The van der Waals surface area contributed by atoms with Gasteiger partial charge in [0, 0.05) is 65.0 Å². The second-order valence-electron chi connectivity index (χ2n) is 7.98. The van der Waals surface area contributed by atoms with E-state index < -0.39 is 16.9 Å². The van der Waals surface area contributed by atoms with Gasteiger partial charge in [-0.1, -0.05) is 0 Å². The van der Waals surface area contributed by atoms with Gasteiger partial charge in [-0.2, -0.15) is 0 Å². The second kappa shape index (κ2) is 8.91. The number of aromatic amines is 1. The molecule has 10 nitrogen and oxygen atoms in total. The molecule has 2 saturated heterocycles. The summed E-state index contributed by atoms with van der Waals surface area (Å²) in [6.45, 7) is 5.72. The van der Waals surface area contributed by atoms with Crippen LogP contribution >= 0.6 is 0 Å². The monoisotopic (exact) mass is 407 g/mol. The van der Waals surface area contributed by atoms with Gasteiger partial charge in [-0.3, -0.25) is 28.8 Å². The second-order valence-corrected chi connectivity index (χ2v) is 7.98. The summed E-state index contributed by atoms with van der Waals surface area (Å²) >= 11 is 0. The van der Waals surface area contributed by atoms with Crippen LogP contribution in [0.2, 0.25) is 0 Å². The zero-order valence-electron chi connectivity index (χ0n) is 16.8. The van der Waals surface area contributed by atoms with Crippen molar-refractivity contribution in [2.75, 3.05) is 45.8 Å². The number of likely N-dealkylation sites (tertiary alicyclic amines) is 1. The minimum atomic E-state index is -0.873. The van der Waals surface area contributed by atoms with Gasteiger partial charge in [-0.05, 0) is 19.3 Å².